The van der Waals surface area contributed by atoms with E-state index in [-0.39, 0.29) is 21.5 Å². The summed E-state index contributed by atoms with van der Waals surface area (Å²) in [4.78, 5) is -0.0904. The van der Waals surface area contributed by atoms with Crippen molar-refractivity contribution in [1.29, 1.82) is 0 Å². The second kappa shape index (κ2) is 5.54. The van der Waals surface area contributed by atoms with Gasteiger partial charge in [0.05, 0.1) is 22.9 Å². The highest BCUT2D eigenvalue weighted by molar-refractivity contribution is 7.89. The van der Waals surface area contributed by atoms with Crippen molar-refractivity contribution in [2.24, 2.45) is 0 Å². The van der Waals surface area contributed by atoms with E-state index in [4.69, 9.17) is 27.6 Å². The van der Waals surface area contributed by atoms with Crippen LogP contribution in [0.1, 0.15) is 5.76 Å². The zero-order valence-corrected chi connectivity index (χ0v) is 12.3. The van der Waals surface area contributed by atoms with E-state index >= 15 is 0 Å². The Morgan fingerprint density at radius 3 is 2.32 bits per heavy atom. The number of hydrogen-bond donors (Lipinski definition) is 0. The van der Waals surface area contributed by atoms with Gasteiger partial charge in [0.15, 0.2) is 0 Å². The smallest absolute Gasteiger partial charge is 0.246 e. The van der Waals surface area contributed by atoms with E-state index < -0.39 is 10.0 Å². The van der Waals surface area contributed by atoms with Gasteiger partial charge in [-0.05, 0) is 24.3 Å². The molecule has 19 heavy (non-hydrogen) atoms. The van der Waals surface area contributed by atoms with Crippen molar-refractivity contribution in [3.05, 3.63) is 52.4 Å². The topological polar surface area (TPSA) is 50.5 Å². The normalized spacial score (nSPS) is 12.0. The van der Waals surface area contributed by atoms with Gasteiger partial charge in [0.25, 0.3) is 0 Å². The molecule has 0 atom stereocenters. The molecule has 0 amide bonds. The monoisotopic (exact) mass is 319 g/mol. The fourth-order valence-corrected chi connectivity index (χ4v) is 3.81. The van der Waals surface area contributed by atoms with Gasteiger partial charge in [-0.25, -0.2) is 8.42 Å². The van der Waals surface area contributed by atoms with Gasteiger partial charge < -0.3 is 4.42 Å². The van der Waals surface area contributed by atoms with Crippen molar-refractivity contribution < 1.29 is 12.8 Å². The minimum atomic E-state index is -3.77. The van der Waals surface area contributed by atoms with E-state index in [1.54, 1.807) is 18.2 Å². The van der Waals surface area contributed by atoms with Crippen molar-refractivity contribution >= 4 is 33.2 Å². The van der Waals surface area contributed by atoms with Crippen LogP contribution in [0.4, 0.5) is 0 Å². The molecule has 0 bridgehead atoms. The fraction of sp³-hybridized carbons (Fsp3) is 0.167. The summed E-state index contributed by atoms with van der Waals surface area (Å²) in [5, 5.41) is 0.192. The number of hydrogen-bond acceptors (Lipinski definition) is 3. The number of rotatable bonds is 4. The van der Waals surface area contributed by atoms with Gasteiger partial charge in [-0.2, -0.15) is 4.31 Å². The van der Waals surface area contributed by atoms with Crippen molar-refractivity contribution in [2.75, 3.05) is 7.05 Å². The van der Waals surface area contributed by atoms with Crippen LogP contribution in [-0.4, -0.2) is 19.8 Å². The van der Waals surface area contributed by atoms with E-state index in [1.807, 2.05) is 0 Å². The van der Waals surface area contributed by atoms with Crippen LogP contribution >= 0.6 is 23.2 Å². The van der Waals surface area contributed by atoms with Gasteiger partial charge >= 0.3 is 0 Å². The lowest BCUT2D eigenvalue weighted by Gasteiger charge is -2.17. The number of benzene rings is 1. The summed E-state index contributed by atoms with van der Waals surface area (Å²) in [6.45, 7) is 0.108. The third-order valence-electron chi connectivity index (χ3n) is 2.55. The Bertz CT molecular complexity index is 648. The maximum atomic E-state index is 12.4. The maximum Gasteiger partial charge on any atom is 0.246 e. The van der Waals surface area contributed by atoms with E-state index in [1.165, 1.54) is 25.4 Å². The lowest BCUT2D eigenvalue weighted by atomic mass is 10.4. The maximum absolute atomic E-state index is 12.4. The molecule has 0 saturated carbocycles. The van der Waals surface area contributed by atoms with E-state index in [0.29, 0.717) is 5.76 Å². The van der Waals surface area contributed by atoms with E-state index in [9.17, 15) is 8.42 Å². The van der Waals surface area contributed by atoms with Gasteiger partial charge in [0.2, 0.25) is 10.0 Å². The van der Waals surface area contributed by atoms with Crippen molar-refractivity contribution in [3.63, 3.8) is 0 Å². The van der Waals surface area contributed by atoms with Crippen molar-refractivity contribution in [2.45, 2.75) is 11.4 Å². The third-order valence-corrected chi connectivity index (χ3v) is 5.31. The zero-order valence-electron chi connectivity index (χ0n) is 10.0. The number of halogens is 2. The van der Waals surface area contributed by atoms with Gasteiger partial charge in [0.1, 0.15) is 10.7 Å². The summed E-state index contributed by atoms with van der Waals surface area (Å²) in [6.07, 6.45) is 1.48. The number of sulfonamides is 1. The van der Waals surface area contributed by atoms with Gasteiger partial charge in [-0.15, -0.1) is 0 Å². The van der Waals surface area contributed by atoms with Crippen LogP contribution in [0.2, 0.25) is 10.0 Å². The fourth-order valence-electron chi connectivity index (χ4n) is 1.59. The van der Waals surface area contributed by atoms with Crippen LogP contribution in [0.25, 0.3) is 0 Å². The van der Waals surface area contributed by atoms with Crippen molar-refractivity contribution in [1.82, 2.24) is 4.31 Å². The minimum Gasteiger partial charge on any atom is -0.468 e. The quantitative estimate of drug-likeness (QED) is 0.867. The summed E-state index contributed by atoms with van der Waals surface area (Å²) in [5.74, 6) is 0.536. The first-order valence-corrected chi connectivity index (χ1v) is 7.55. The summed E-state index contributed by atoms with van der Waals surface area (Å²) >= 11 is 11.9. The SMILES string of the molecule is CN(Cc1ccco1)S(=O)(=O)c1c(Cl)cccc1Cl. The van der Waals surface area contributed by atoms with Crippen LogP contribution in [0, 0.1) is 0 Å². The highest BCUT2D eigenvalue weighted by Crippen LogP contribution is 2.31. The zero-order chi connectivity index (χ0) is 14.0. The molecular weight excluding hydrogens is 309 g/mol. The average Bonchev–Trinajstić information content (AvgIpc) is 2.81. The summed E-state index contributed by atoms with van der Waals surface area (Å²) < 4.78 is 31.1. The predicted octanol–water partition coefficient (Wildman–Crippen LogP) is 3.41. The lowest BCUT2D eigenvalue weighted by molar-refractivity contribution is 0.406. The molecule has 0 radical (unpaired) electrons. The standard InChI is InChI=1S/C12H11Cl2NO3S/c1-15(8-9-4-3-7-18-9)19(16,17)12-10(13)5-2-6-11(12)14/h2-7H,8H2,1H3. The molecule has 1 heterocycles. The molecule has 0 fully saturated rings. The molecule has 0 spiro atoms. The second-order valence-corrected chi connectivity index (χ2v) is 6.69. The number of furan rings is 1. The molecule has 7 heteroatoms. The third kappa shape index (κ3) is 2.95. The van der Waals surface area contributed by atoms with Crippen LogP contribution in [0.3, 0.4) is 0 Å². The molecule has 0 unspecified atom stereocenters. The Labute approximate surface area is 121 Å². The average molecular weight is 320 g/mol. The first kappa shape index (κ1) is 14.4. The first-order valence-electron chi connectivity index (χ1n) is 5.35. The molecule has 0 aliphatic rings. The highest BCUT2D eigenvalue weighted by atomic mass is 35.5. The molecule has 1 aromatic carbocycles. The largest absolute Gasteiger partial charge is 0.468 e. The minimum absolute atomic E-state index is 0.0904. The Balaban J connectivity index is 2.37. The van der Waals surface area contributed by atoms with Gasteiger partial charge in [-0.3, -0.25) is 0 Å². The van der Waals surface area contributed by atoms with Crippen LogP contribution in [-0.2, 0) is 16.6 Å². The predicted molar refractivity (Wildman–Crippen MR) is 73.8 cm³/mol. The van der Waals surface area contributed by atoms with Crippen LogP contribution in [0.15, 0.2) is 45.9 Å². The molecule has 2 rings (SSSR count). The van der Waals surface area contributed by atoms with E-state index in [2.05, 4.69) is 0 Å². The first-order chi connectivity index (χ1) is 8.93. The molecule has 1 aromatic heterocycles. The van der Waals surface area contributed by atoms with Crippen molar-refractivity contribution in [3.8, 4) is 0 Å². The summed E-state index contributed by atoms with van der Waals surface area (Å²) in [7, 11) is -2.32. The van der Waals surface area contributed by atoms with Gasteiger partial charge in [-0.1, -0.05) is 29.3 Å². The Hall–Kier alpha value is -1.01. The number of nitrogens with zero attached hydrogens (tertiary/aromatic N) is 1. The molecule has 4 nitrogen and oxygen atoms in total. The lowest BCUT2D eigenvalue weighted by Crippen LogP contribution is -2.26. The molecular formula is C12H11Cl2NO3S. The Morgan fingerprint density at radius 1 is 1.16 bits per heavy atom. The van der Waals surface area contributed by atoms with E-state index in [0.717, 1.165) is 4.31 Å². The Morgan fingerprint density at radius 2 is 1.79 bits per heavy atom. The van der Waals surface area contributed by atoms with Crippen LogP contribution < -0.4 is 0 Å². The molecule has 102 valence electrons. The van der Waals surface area contributed by atoms with Crippen LogP contribution in [0.5, 0.6) is 0 Å². The Kier molecular flexibility index (Phi) is 4.20. The summed E-state index contributed by atoms with van der Waals surface area (Å²) in [6, 6.07) is 7.96. The molecule has 0 saturated heterocycles. The molecule has 0 aliphatic heterocycles. The molecule has 0 N–H and O–H groups in total. The molecule has 0 aliphatic carbocycles. The second-order valence-electron chi connectivity index (χ2n) is 3.89. The highest BCUT2D eigenvalue weighted by Gasteiger charge is 2.26. The molecule has 2 aromatic rings. The summed E-state index contributed by atoms with van der Waals surface area (Å²) in [5.41, 5.74) is 0. The van der Waals surface area contributed by atoms with Gasteiger partial charge in [0, 0.05) is 7.05 Å².